The van der Waals surface area contributed by atoms with E-state index in [-0.39, 0.29) is 0 Å². The Kier molecular flexibility index (Phi) is 6.97. The molecule has 0 amide bonds. The molecular weight excluding hydrogens is 671 g/mol. The molecule has 0 radical (unpaired) electrons. The maximum Gasteiger partial charge on any atom is 0.124 e. The van der Waals surface area contributed by atoms with Crippen LogP contribution >= 0.6 is 34.0 Å². The highest BCUT2D eigenvalue weighted by Gasteiger charge is 2.17. The summed E-state index contributed by atoms with van der Waals surface area (Å²) in [4.78, 5) is 21.5. The molecular formula is C42H25N5S3. The summed E-state index contributed by atoms with van der Waals surface area (Å²) in [5.74, 6) is 0. The maximum atomic E-state index is 4.89. The highest BCUT2D eigenvalue weighted by Crippen LogP contribution is 2.41. The third-order valence-corrected chi connectivity index (χ3v) is 12.2. The average Bonchev–Trinajstić information content (AvgIpc) is 3.91. The molecule has 0 fully saturated rings. The van der Waals surface area contributed by atoms with Crippen molar-refractivity contribution < 1.29 is 0 Å². The summed E-state index contributed by atoms with van der Waals surface area (Å²) >= 11 is 5.19. The molecule has 10 aromatic rings. The highest BCUT2D eigenvalue weighted by atomic mass is 32.1. The smallest absolute Gasteiger partial charge is 0.124 e. The molecule has 10 rings (SSSR count). The summed E-state index contributed by atoms with van der Waals surface area (Å²) in [6.07, 6.45) is 1.68. The Balaban J connectivity index is 1.04. The van der Waals surface area contributed by atoms with E-state index in [9.17, 15) is 0 Å². The van der Waals surface area contributed by atoms with Crippen molar-refractivity contribution in [3.63, 3.8) is 0 Å². The summed E-state index contributed by atoms with van der Waals surface area (Å²) in [7, 11) is 0. The van der Waals surface area contributed by atoms with Gasteiger partial charge in [-0.15, -0.1) is 34.0 Å². The topological polar surface area (TPSA) is 54.8 Å². The van der Waals surface area contributed by atoms with Crippen LogP contribution in [-0.4, -0.2) is 19.9 Å². The van der Waals surface area contributed by atoms with Crippen molar-refractivity contribution in [1.29, 1.82) is 0 Å². The van der Waals surface area contributed by atoms with Gasteiger partial charge in [-0.25, -0.2) is 19.9 Å². The number of benzene rings is 6. The summed E-state index contributed by atoms with van der Waals surface area (Å²) in [5.41, 5.74) is 10.5. The quantitative estimate of drug-likeness (QED) is 0.173. The van der Waals surface area contributed by atoms with Crippen LogP contribution in [0.4, 0.5) is 17.1 Å². The van der Waals surface area contributed by atoms with Crippen LogP contribution in [0.15, 0.2) is 152 Å². The molecule has 0 bridgehead atoms. The van der Waals surface area contributed by atoms with Crippen LogP contribution in [-0.2, 0) is 0 Å². The normalized spacial score (nSPS) is 11.6. The second-order valence-electron chi connectivity index (χ2n) is 11.9. The molecule has 236 valence electrons. The predicted molar refractivity (Wildman–Crippen MR) is 212 cm³/mol. The van der Waals surface area contributed by atoms with Gasteiger partial charge in [-0.2, -0.15) is 0 Å². The zero-order chi connectivity index (χ0) is 33.0. The van der Waals surface area contributed by atoms with E-state index in [2.05, 4.69) is 143 Å². The summed E-state index contributed by atoms with van der Waals surface area (Å²) < 4.78 is 4.71. The van der Waals surface area contributed by atoms with Gasteiger partial charge in [0.15, 0.2) is 0 Å². The van der Waals surface area contributed by atoms with E-state index < -0.39 is 0 Å². The van der Waals surface area contributed by atoms with Crippen molar-refractivity contribution in [1.82, 2.24) is 19.9 Å². The first-order valence-electron chi connectivity index (χ1n) is 16.2. The molecule has 8 heteroatoms. The van der Waals surface area contributed by atoms with Gasteiger partial charge in [-0.05, 0) is 91.0 Å². The first-order chi connectivity index (χ1) is 24.7. The maximum absolute atomic E-state index is 4.89. The average molecular weight is 696 g/mol. The third-order valence-electron chi connectivity index (χ3n) is 8.89. The van der Waals surface area contributed by atoms with E-state index in [4.69, 9.17) is 15.0 Å². The molecule has 4 aromatic heterocycles. The summed E-state index contributed by atoms with van der Waals surface area (Å²) in [5, 5.41) is 3.21. The number of thiophene rings is 1. The minimum atomic E-state index is 0.953. The van der Waals surface area contributed by atoms with Crippen LogP contribution in [0.5, 0.6) is 0 Å². The first kappa shape index (κ1) is 29.1. The van der Waals surface area contributed by atoms with Crippen LogP contribution in [0.25, 0.3) is 73.1 Å². The number of fused-ring (bicyclic) bond motifs is 5. The Morgan fingerprint density at radius 2 is 0.900 bits per heavy atom. The summed E-state index contributed by atoms with van der Waals surface area (Å²) in [6, 6.07) is 51.1. The molecule has 0 atom stereocenters. The molecule has 4 heterocycles. The van der Waals surface area contributed by atoms with Crippen molar-refractivity contribution in [2.75, 3.05) is 4.90 Å². The molecule has 0 unspecified atom stereocenters. The monoisotopic (exact) mass is 695 g/mol. The second kappa shape index (κ2) is 12.0. The van der Waals surface area contributed by atoms with Crippen molar-refractivity contribution in [3.05, 3.63) is 152 Å². The van der Waals surface area contributed by atoms with Crippen LogP contribution in [0.3, 0.4) is 0 Å². The van der Waals surface area contributed by atoms with Gasteiger partial charge in [-0.1, -0.05) is 54.6 Å². The predicted octanol–water partition coefficient (Wildman–Crippen LogP) is 12.5. The van der Waals surface area contributed by atoms with Crippen molar-refractivity contribution in [2.24, 2.45) is 0 Å². The zero-order valence-corrected chi connectivity index (χ0v) is 28.8. The Bertz CT molecular complexity index is 2630. The standard InChI is InChI=1S/C42H25N5S3/c1-4-10-35-32(7-1)39-40(48-35)38(43-25-44-39)26-13-19-29(20-14-26)47(30-21-15-27(16-22-30)41-45-33-8-2-5-11-36(33)49-41)31-23-17-28(18-24-31)42-46-34-9-3-6-12-37(34)50-42/h1-25H. The van der Waals surface area contributed by atoms with E-state index in [0.29, 0.717) is 0 Å². The third kappa shape index (κ3) is 5.04. The Labute approximate surface area is 299 Å². The SMILES string of the molecule is c1ccc2sc(-c3ccc(N(c4ccc(-c5nc6ccccc6s5)cc4)c4ccc(-c5ncnc6c5sc5ccccc56)cc4)cc3)nc2c1. The van der Waals surface area contributed by atoms with E-state index in [1.54, 1.807) is 40.3 Å². The lowest BCUT2D eigenvalue weighted by molar-refractivity contribution is 1.23. The van der Waals surface area contributed by atoms with Gasteiger partial charge in [-0.3, -0.25) is 0 Å². The fourth-order valence-corrected chi connectivity index (χ4v) is 9.55. The van der Waals surface area contributed by atoms with Gasteiger partial charge < -0.3 is 4.90 Å². The minimum Gasteiger partial charge on any atom is -0.311 e. The van der Waals surface area contributed by atoms with Crippen molar-refractivity contribution in [2.45, 2.75) is 0 Å². The molecule has 6 aromatic carbocycles. The molecule has 0 aliphatic carbocycles. The van der Waals surface area contributed by atoms with E-state index >= 15 is 0 Å². The fraction of sp³-hybridized carbons (Fsp3) is 0. The van der Waals surface area contributed by atoms with E-state index in [1.807, 2.05) is 12.1 Å². The molecule has 0 N–H and O–H groups in total. The van der Waals surface area contributed by atoms with Crippen LogP contribution in [0.2, 0.25) is 0 Å². The zero-order valence-electron chi connectivity index (χ0n) is 26.4. The highest BCUT2D eigenvalue weighted by molar-refractivity contribution is 7.26. The molecule has 0 aliphatic rings. The van der Waals surface area contributed by atoms with Gasteiger partial charge in [0.25, 0.3) is 0 Å². The first-order valence-corrected chi connectivity index (χ1v) is 18.6. The van der Waals surface area contributed by atoms with Gasteiger partial charge >= 0.3 is 0 Å². The number of nitrogens with zero attached hydrogens (tertiary/aromatic N) is 5. The summed E-state index contributed by atoms with van der Waals surface area (Å²) in [6.45, 7) is 0. The molecule has 0 aliphatic heterocycles. The molecule has 50 heavy (non-hydrogen) atoms. The fourth-order valence-electron chi connectivity index (χ4n) is 6.44. The van der Waals surface area contributed by atoms with E-state index in [0.717, 1.165) is 70.7 Å². The lowest BCUT2D eigenvalue weighted by Crippen LogP contribution is -2.09. The Morgan fingerprint density at radius 3 is 1.44 bits per heavy atom. The van der Waals surface area contributed by atoms with Crippen LogP contribution in [0.1, 0.15) is 0 Å². The molecule has 5 nitrogen and oxygen atoms in total. The number of thiazole rings is 2. The number of hydrogen-bond donors (Lipinski definition) is 0. The Hall–Kier alpha value is -5.80. The van der Waals surface area contributed by atoms with Crippen molar-refractivity contribution >= 4 is 91.8 Å². The van der Waals surface area contributed by atoms with Gasteiger partial charge in [0.1, 0.15) is 16.3 Å². The number of rotatable bonds is 6. The largest absolute Gasteiger partial charge is 0.311 e. The van der Waals surface area contributed by atoms with Gasteiger partial charge in [0, 0.05) is 43.8 Å². The minimum absolute atomic E-state index is 0.953. The Morgan fingerprint density at radius 1 is 0.420 bits per heavy atom. The number of aromatic nitrogens is 4. The number of anilines is 3. The van der Waals surface area contributed by atoms with Crippen molar-refractivity contribution in [3.8, 4) is 32.4 Å². The van der Waals surface area contributed by atoms with E-state index in [1.165, 1.54) is 19.5 Å². The molecule has 0 spiro atoms. The molecule has 0 saturated carbocycles. The lowest BCUT2D eigenvalue weighted by atomic mass is 10.1. The van der Waals surface area contributed by atoms with Gasteiger partial charge in [0.05, 0.1) is 36.3 Å². The molecule has 0 saturated heterocycles. The lowest BCUT2D eigenvalue weighted by Gasteiger charge is -2.26. The second-order valence-corrected chi connectivity index (χ2v) is 15.1. The van der Waals surface area contributed by atoms with Crippen LogP contribution < -0.4 is 4.90 Å². The van der Waals surface area contributed by atoms with Crippen LogP contribution in [0, 0.1) is 0 Å². The number of para-hydroxylation sites is 2. The number of hydrogen-bond acceptors (Lipinski definition) is 8. The van der Waals surface area contributed by atoms with Gasteiger partial charge in [0.2, 0.25) is 0 Å².